The van der Waals surface area contributed by atoms with Crippen LogP contribution >= 0.6 is 0 Å². The Morgan fingerprint density at radius 2 is 0.660 bits per heavy atom. The first-order valence-corrected chi connectivity index (χ1v) is 24.1. The van der Waals surface area contributed by atoms with Crippen molar-refractivity contribution < 1.29 is 0 Å². The van der Waals surface area contributed by atoms with Crippen LogP contribution in [-0.2, 0) is 0 Å². The Morgan fingerprint density at radius 1 is 0.380 bits per heavy atom. The number of rotatable bonds is 11. The third-order valence-corrected chi connectivity index (χ3v) is 15.3. The average molecular weight is 699 g/mol. The van der Waals surface area contributed by atoms with E-state index < -0.39 is 0 Å². The predicted molar refractivity (Wildman–Crippen MR) is 228 cm³/mol. The zero-order valence-electron chi connectivity index (χ0n) is 36.7. The van der Waals surface area contributed by atoms with Gasteiger partial charge in [-0.05, 0) is 129 Å². The molecule has 5 rings (SSSR count). The fourth-order valence-corrected chi connectivity index (χ4v) is 11.2. The molecule has 0 nitrogen and oxygen atoms in total. The highest BCUT2D eigenvalue weighted by molar-refractivity contribution is 4.82. The Hall–Kier alpha value is 0. The molecule has 1 unspecified atom stereocenters. The molecule has 0 bridgehead atoms. The van der Waals surface area contributed by atoms with Crippen LogP contribution in [0.4, 0.5) is 0 Å². The molecule has 0 amide bonds. The lowest BCUT2D eigenvalue weighted by molar-refractivity contribution is 0.144. The minimum atomic E-state index is 0.880. The fraction of sp³-hybridized carbons (Fsp3) is 1.00. The highest BCUT2D eigenvalue weighted by Gasteiger charge is 2.30. The van der Waals surface area contributed by atoms with E-state index in [9.17, 15) is 0 Å². The molecule has 0 aliphatic heterocycles. The standard InChI is InChI=1S/C16H30.C14H26.C12H24.C8H18/c1-3-13-5-9-15(10-6-13)16-11-7-14(4-2)8-12-16;1-11-3-7-13(8-4-11)14-9-5-12(2)6-10-14;1-3-5-11-7-9-12(6-4-2)10-8-11;1-5-8(4)6-7(2)3/h13-16H,3-12H2,1-2H3;11-14H,3-10H2,1-2H3;11-12H,3-10H2,1-2H3;7-8H,5-6H2,1-4H3. The van der Waals surface area contributed by atoms with Gasteiger partial charge < -0.3 is 0 Å². The highest BCUT2D eigenvalue weighted by Crippen LogP contribution is 2.43. The highest BCUT2D eigenvalue weighted by atomic mass is 14.4. The molecule has 0 N–H and O–H groups in total. The van der Waals surface area contributed by atoms with Gasteiger partial charge in [0.05, 0.1) is 0 Å². The first kappa shape index (κ1) is 46.2. The third kappa shape index (κ3) is 19.4. The van der Waals surface area contributed by atoms with E-state index in [0.717, 1.165) is 71.0 Å². The summed E-state index contributed by atoms with van der Waals surface area (Å²) in [4.78, 5) is 0. The quantitative estimate of drug-likeness (QED) is 0.201. The van der Waals surface area contributed by atoms with E-state index in [0.29, 0.717) is 0 Å². The smallest absolute Gasteiger partial charge is 0.0386 e. The summed E-state index contributed by atoms with van der Waals surface area (Å²) in [5.41, 5.74) is 0. The van der Waals surface area contributed by atoms with Crippen LogP contribution in [0.25, 0.3) is 0 Å². The maximum Gasteiger partial charge on any atom is -0.0386 e. The second kappa shape index (κ2) is 27.6. The topological polar surface area (TPSA) is 0 Å². The zero-order valence-corrected chi connectivity index (χ0v) is 36.7. The van der Waals surface area contributed by atoms with Crippen molar-refractivity contribution >= 4 is 0 Å². The van der Waals surface area contributed by atoms with Crippen molar-refractivity contribution in [2.45, 2.75) is 249 Å². The van der Waals surface area contributed by atoms with Crippen LogP contribution < -0.4 is 0 Å². The van der Waals surface area contributed by atoms with E-state index in [4.69, 9.17) is 0 Å². The summed E-state index contributed by atoms with van der Waals surface area (Å²) >= 11 is 0. The van der Waals surface area contributed by atoms with E-state index in [1.165, 1.54) is 128 Å². The van der Waals surface area contributed by atoms with Gasteiger partial charge in [0.25, 0.3) is 0 Å². The third-order valence-electron chi connectivity index (χ3n) is 15.3. The summed E-state index contributed by atoms with van der Waals surface area (Å²) in [6.07, 6.45) is 42.0. The summed E-state index contributed by atoms with van der Waals surface area (Å²) in [7, 11) is 0. The molecule has 5 aliphatic carbocycles. The monoisotopic (exact) mass is 699 g/mol. The molecule has 50 heavy (non-hydrogen) atoms. The molecular formula is C50H98. The minimum absolute atomic E-state index is 0.880. The van der Waals surface area contributed by atoms with Gasteiger partial charge >= 0.3 is 0 Å². The van der Waals surface area contributed by atoms with Crippen molar-refractivity contribution in [3.8, 4) is 0 Å². The number of hydrogen-bond acceptors (Lipinski definition) is 0. The van der Waals surface area contributed by atoms with Crippen molar-refractivity contribution in [3.63, 3.8) is 0 Å². The lowest BCUT2D eigenvalue weighted by atomic mass is 9.68. The van der Waals surface area contributed by atoms with Gasteiger partial charge in [-0.1, -0.05) is 191 Å². The molecule has 0 saturated heterocycles. The van der Waals surface area contributed by atoms with Gasteiger partial charge in [0.15, 0.2) is 0 Å². The average Bonchev–Trinajstić information content (AvgIpc) is 3.14. The first-order chi connectivity index (χ1) is 24.1. The van der Waals surface area contributed by atoms with Crippen LogP contribution in [0.15, 0.2) is 0 Å². The summed E-state index contributed by atoms with van der Waals surface area (Å²) in [6, 6.07) is 0. The molecule has 5 aliphatic rings. The van der Waals surface area contributed by atoms with E-state index in [-0.39, 0.29) is 0 Å². The Kier molecular flexibility index (Phi) is 25.4. The Balaban J connectivity index is 0.000000238. The van der Waals surface area contributed by atoms with Crippen LogP contribution in [-0.4, -0.2) is 0 Å². The molecular weight excluding hydrogens is 601 g/mol. The molecule has 1 atom stereocenters. The summed E-state index contributed by atoms with van der Waals surface area (Å²) < 4.78 is 0. The van der Waals surface area contributed by atoms with Crippen molar-refractivity contribution in [2.75, 3.05) is 0 Å². The van der Waals surface area contributed by atoms with Crippen LogP contribution in [0.2, 0.25) is 0 Å². The van der Waals surface area contributed by atoms with E-state index in [1.54, 1.807) is 51.4 Å². The van der Waals surface area contributed by atoms with Crippen LogP contribution in [0.3, 0.4) is 0 Å². The second-order valence-electron chi connectivity index (χ2n) is 20.0. The molecule has 0 radical (unpaired) electrons. The number of hydrogen-bond donors (Lipinski definition) is 0. The van der Waals surface area contributed by atoms with Crippen molar-refractivity contribution in [2.24, 2.45) is 71.0 Å². The van der Waals surface area contributed by atoms with Crippen LogP contribution in [0.1, 0.15) is 249 Å². The summed E-state index contributed by atoms with van der Waals surface area (Å²) in [5, 5.41) is 0. The van der Waals surface area contributed by atoms with E-state index in [1.807, 2.05) is 0 Å². The van der Waals surface area contributed by atoms with Crippen LogP contribution in [0.5, 0.6) is 0 Å². The van der Waals surface area contributed by atoms with Gasteiger partial charge in [-0.3, -0.25) is 0 Å². The lowest BCUT2D eigenvalue weighted by Crippen LogP contribution is -2.25. The first-order valence-electron chi connectivity index (χ1n) is 24.1. The van der Waals surface area contributed by atoms with E-state index in [2.05, 4.69) is 69.2 Å². The van der Waals surface area contributed by atoms with Gasteiger partial charge in [-0.15, -0.1) is 0 Å². The maximum absolute atomic E-state index is 2.43. The molecule has 5 fully saturated rings. The maximum atomic E-state index is 2.43. The normalized spacial score (nSPS) is 35.3. The molecule has 0 aromatic rings. The molecule has 0 spiro atoms. The predicted octanol–water partition coefficient (Wildman–Crippen LogP) is 17.5. The van der Waals surface area contributed by atoms with Gasteiger partial charge in [-0.2, -0.15) is 0 Å². The molecule has 5 saturated carbocycles. The Morgan fingerprint density at radius 3 is 0.880 bits per heavy atom. The second-order valence-corrected chi connectivity index (χ2v) is 20.0. The summed E-state index contributed by atoms with van der Waals surface area (Å²) in [5.74, 6) is 12.6. The Bertz CT molecular complexity index is 670. The zero-order chi connectivity index (χ0) is 36.7. The largest absolute Gasteiger partial charge is 0.0654 e. The van der Waals surface area contributed by atoms with Crippen molar-refractivity contribution in [1.82, 2.24) is 0 Å². The fourth-order valence-electron chi connectivity index (χ4n) is 11.2. The van der Waals surface area contributed by atoms with Crippen molar-refractivity contribution in [1.29, 1.82) is 0 Å². The van der Waals surface area contributed by atoms with E-state index >= 15 is 0 Å². The molecule has 298 valence electrons. The lowest BCUT2D eigenvalue weighted by Gasteiger charge is -2.37. The van der Waals surface area contributed by atoms with Gasteiger partial charge in [0, 0.05) is 0 Å². The van der Waals surface area contributed by atoms with Gasteiger partial charge in [-0.25, -0.2) is 0 Å². The van der Waals surface area contributed by atoms with Gasteiger partial charge in [0.1, 0.15) is 0 Å². The summed E-state index contributed by atoms with van der Waals surface area (Å²) in [6.45, 7) is 23.4. The minimum Gasteiger partial charge on any atom is -0.0654 e. The molecule has 0 heterocycles. The van der Waals surface area contributed by atoms with Gasteiger partial charge in [0.2, 0.25) is 0 Å². The Labute approximate surface area is 319 Å². The molecule has 0 aromatic carbocycles. The molecule has 0 heteroatoms. The SMILES string of the molecule is CC1CCC(C2CCC(C)CC2)CC1.CCC(C)CC(C)C.CCC1CCC(C2CCC(CC)CC2)CC1.CCCC1CCC(CCC)CC1. The van der Waals surface area contributed by atoms with Crippen molar-refractivity contribution in [3.05, 3.63) is 0 Å². The van der Waals surface area contributed by atoms with Crippen LogP contribution in [0, 0.1) is 71.0 Å². The molecule has 0 aromatic heterocycles.